The second kappa shape index (κ2) is 5.03. The van der Waals surface area contributed by atoms with Gasteiger partial charge in [-0.05, 0) is 24.6 Å². The summed E-state index contributed by atoms with van der Waals surface area (Å²) in [5.41, 5.74) is -0.0915. The van der Waals surface area contributed by atoms with E-state index in [2.05, 4.69) is 4.74 Å². The minimum Gasteiger partial charge on any atom is -0.481 e. The Morgan fingerprint density at radius 1 is 1.44 bits per heavy atom. The first-order valence-corrected chi connectivity index (χ1v) is 4.67. The Labute approximate surface area is 91.7 Å². The molecule has 0 bridgehead atoms. The van der Waals surface area contributed by atoms with Crippen LogP contribution in [-0.4, -0.2) is 18.2 Å². The van der Waals surface area contributed by atoms with E-state index in [4.69, 9.17) is 5.11 Å². The summed E-state index contributed by atoms with van der Waals surface area (Å²) in [4.78, 5) is 10.7. The van der Waals surface area contributed by atoms with Crippen molar-refractivity contribution >= 4 is 5.97 Å². The molecule has 0 amide bonds. The molecule has 88 valence electrons. The molecule has 0 aromatic heterocycles. The molecule has 0 aliphatic heterocycles. The van der Waals surface area contributed by atoms with Gasteiger partial charge in [-0.3, -0.25) is 4.79 Å². The van der Waals surface area contributed by atoms with Crippen molar-refractivity contribution in [1.82, 2.24) is 0 Å². The van der Waals surface area contributed by atoms with Crippen molar-refractivity contribution < 1.29 is 23.4 Å². The molecule has 0 aliphatic carbocycles. The van der Waals surface area contributed by atoms with Crippen molar-refractivity contribution in [3.05, 3.63) is 34.9 Å². The van der Waals surface area contributed by atoms with E-state index in [1.165, 1.54) is 14.0 Å². The molecule has 1 aromatic rings. The molecular formula is C11H12F2O3. The first-order chi connectivity index (χ1) is 7.47. The second-order valence-electron chi connectivity index (χ2n) is 3.46. The molecule has 1 rings (SSSR count). The van der Waals surface area contributed by atoms with E-state index in [9.17, 15) is 13.6 Å². The van der Waals surface area contributed by atoms with Crippen LogP contribution in [0.4, 0.5) is 8.78 Å². The molecule has 1 N–H and O–H groups in total. The third-order valence-electron chi connectivity index (χ3n) is 2.32. The van der Waals surface area contributed by atoms with Crippen molar-refractivity contribution in [2.24, 2.45) is 0 Å². The lowest BCUT2D eigenvalue weighted by Gasteiger charge is -2.10. The second-order valence-corrected chi connectivity index (χ2v) is 3.46. The SMILES string of the molecule is COCc1c(F)cc(C(C)C(=O)O)cc1F. The van der Waals surface area contributed by atoms with E-state index in [0.717, 1.165) is 12.1 Å². The fourth-order valence-corrected chi connectivity index (χ4v) is 1.30. The minimum absolute atomic E-state index is 0.0994. The summed E-state index contributed by atoms with van der Waals surface area (Å²) in [5, 5.41) is 8.72. The normalized spacial score (nSPS) is 12.5. The zero-order valence-electron chi connectivity index (χ0n) is 8.96. The van der Waals surface area contributed by atoms with Crippen molar-refractivity contribution in [2.45, 2.75) is 19.4 Å². The van der Waals surface area contributed by atoms with Crippen LogP contribution in [0.5, 0.6) is 0 Å². The first-order valence-electron chi connectivity index (χ1n) is 4.67. The number of rotatable bonds is 4. The van der Waals surface area contributed by atoms with Gasteiger partial charge in [0.2, 0.25) is 0 Å². The highest BCUT2D eigenvalue weighted by atomic mass is 19.1. The minimum atomic E-state index is -1.13. The lowest BCUT2D eigenvalue weighted by atomic mass is 9.99. The number of hydrogen-bond acceptors (Lipinski definition) is 2. The monoisotopic (exact) mass is 230 g/mol. The first kappa shape index (κ1) is 12.6. The number of methoxy groups -OCH3 is 1. The average Bonchev–Trinajstić information content (AvgIpc) is 2.21. The van der Waals surface area contributed by atoms with Crippen LogP contribution in [0.15, 0.2) is 12.1 Å². The number of carboxylic acids is 1. The summed E-state index contributed by atoms with van der Waals surface area (Å²) in [6.07, 6.45) is 0. The standard InChI is InChI=1S/C11H12F2O3/c1-6(11(14)15)7-3-9(12)8(5-16-2)10(13)4-7/h3-4,6H,5H2,1-2H3,(H,14,15). The zero-order valence-corrected chi connectivity index (χ0v) is 8.96. The van der Waals surface area contributed by atoms with Crippen molar-refractivity contribution in [1.29, 1.82) is 0 Å². The summed E-state index contributed by atoms with van der Waals surface area (Å²) in [5.74, 6) is -3.64. The molecule has 0 fully saturated rings. The molecule has 0 saturated heterocycles. The van der Waals surface area contributed by atoms with Gasteiger partial charge in [0, 0.05) is 12.7 Å². The van der Waals surface area contributed by atoms with Crippen LogP contribution in [-0.2, 0) is 16.1 Å². The summed E-state index contributed by atoms with van der Waals surface area (Å²) < 4.78 is 31.5. The molecule has 16 heavy (non-hydrogen) atoms. The smallest absolute Gasteiger partial charge is 0.310 e. The Kier molecular flexibility index (Phi) is 3.95. The van der Waals surface area contributed by atoms with Crippen LogP contribution in [0.3, 0.4) is 0 Å². The maximum Gasteiger partial charge on any atom is 0.310 e. The number of ether oxygens (including phenoxy) is 1. The van der Waals surface area contributed by atoms with Gasteiger partial charge in [0.15, 0.2) is 0 Å². The van der Waals surface area contributed by atoms with Crippen LogP contribution in [0.2, 0.25) is 0 Å². The highest BCUT2D eigenvalue weighted by Gasteiger charge is 2.18. The molecule has 0 heterocycles. The van der Waals surface area contributed by atoms with Gasteiger partial charge >= 0.3 is 5.97 Å². The fourth-order valence-electron chi connectivity index (χ4n) is 1.30. The quantitative estimate of drug-likeness (QED) is 0.863. The van der Waals surface area contributed by atoms with E-state index in [1.54, 1.807) is 0 Å². The van der Waals surface area contributed by atoms with E-state index in [1.807, 2.05) is 0 Å². The summed E-state index contributed by atoms with van der Waals surface area (Å²) >= 11 is 0. The lowest BCUT2D eigenvalue weighted by Crippen LogP contribution is -2.09. The van der Waals surface area contributed by atoms with Crippen LogP contribution >= 0.6 is 0 Å². The summed E-state index contributed by atoms with van der Waals surface area (Å²) in [6.45, 7) is 1.19. The van der Waals surface area contributed by atoms with E-state index in [-0.39, 0.29) is 17.7 Å². The van der Waals surface area contributed by atoms with Crippen LogP contribution in [0, 0.1) is 11.6 Å². The maximum absolute atomic E-state index is 13.4. The van der Waals surface area contributed by atoms with E-state index < -0.39 is 23.5 Å². The van der Waals surface area contributed by atoms with Gasteiger partial charge in [-0.2, -0.15) is 0 Å². The number of halogens is 2. The third-order valence-corrected chi connectivity index (χ3v) is 2.32. The molecule has 1 aromatic carbocycles. The topological polar surface area (TPSA) is 46.5 Å². The van der Waals surface area contributed by atoms with Crippen molar-refractivity contribution in [3.8, 4) is 0 Å². The molecule has 0 saturated carbocycles. The van der Waals surface area contributed by atoms with Crippen LogP contribution < -0.4 is 0 Å². The van der Waals surface area contributed by atoms with E-state index in [0.29, 0.717) is 0 Å². The summed E-state index contributed by atoms with van der Waals surface area (Å²) in [6, 6.07) is 2.05. The van der Waals surface area contributed by atoms with Crippen molar-refractivity contribution in [2.75, 3.05) is 7.11 Å². The van der Waals surface area contributed by atoms with Gasteiger partial charge in [0.1, 0.15) is 11.6 Å². The number of benzene rings is 1. The van der Waals surface area contributed by atoms with Crippen LogP contribution in [0.25, 0.3) is 0 Å². The van der Waals surface area contributed by atoms with Gasteiger partial charge in [0.25, 0.3) is 0 Å². The molecule has 5 heteroatoms. The van der Waals surface area contributed by atoms with Gasteiger partial charge < -0.3 is 9.84 Å². The van der Waals surface area contributed by atoms with Gasteiger partial charge in [0.05, 0.1) is 12.5 Å². The fraction of sp³-hybridized carbons (Fsp3) is 0.364. The molecular weight excluding hydrogens is 218 g/mol. The lowest BCUT2D eigenvalue weighted by molar-refractivity contribution is -0.138. The third kappa shape index (κ3) is 2.55. The maximum atomic E-state index is 13.4. The van der Waals surface area contributed by atoms with Crippen LogP contribution in [0.1, 0.15) is 24.0 Å². The van der Waals surface area contributed by atoms with Gasteiger partial charge in [-0.25, -0.2) is 8.78 Å². The Balaban J connectivity index is 3.14. The zero-order chi connectivity index (χ0) is 12.3. The molecule has 1 unspecified atom stereocenters. The molecule has 0 radical (unpaired) electrons. The molecule has 0 aliphatic rings. The van der Waals surface area contributed by atoms with Gasteiger partial charge in [-0.15, -0.1) is 0 Å². The predicted molar refractivity (Wildman–Crippen MR) is 53.1 cm³/mol. The number of carboxylic acid groups (broad SMARTS) is 1. The van der Waals surface area contributed by atoms with E-state index >= 15 is 0 Å². The number of hydrogen-bond donors (Lipinski definition) is 1. The summed E-state index contributed by atoms with van der Waals surface area (Å²) in [7, 11) is 1.33. The van der Waals surface area contributed by atoms with Crippen molar-refractivity contribution in [3.63, 3.8) is 0 Å². The molecule has 0 spiro atoms. The molecule has 3 nitrogen and oxygen atoms in total. The number of carbonyl (C=O) groups is 1. The largest absolute Gasteiger partial charge is 0.481 e. The Bertz CT molecular complexity index is 381. The highest BCUT2D eigenvalue weighted by molar-refractivity contribution is 5.75. The van der Waals surface area contributed by atoms with Gasteiger partial charge in [-0.1, -0.05) is 0 Å². The highest BCUT2D eigenvalue weighted by Crippen LogP contribution is 2.22. The Hall–Kier alpha value is -1.49. The Morgan fingerprint density at radius 2 is 1.94 bits per heavy atom. The Morgan fingerprint density at radius 3 is 2.31 bits per heavy atom. The number of aliphatic carboxylic acids is 1. The molecule has 1 atom stereocenters. The predicted octanol–water partition coefficient (Wildman–Crippen LogP) is 2.30. The average molecular weight is 230 g/mol.